The highest BCUT2D eigenvalue weighted by Crippen LogP contribution is 2.43. The highest BCUT2D eigenvalue weighted by molar-refractivity contribution is 7.47. The number of phosphoric ester groups is 1. The van der Waals surface area contributed by atoms with Crippen molar-refractivity contribution in [2.24, 2.45) is 5.73 Å². The first-order valence-electron chi connectivity index (χ1n) is 19.8. The Morgan fingerprint density at radius 3 is 1.59 bits per heavy atom. The number of phosphoric acid groups is 1. The summed E-state index contributed by atoms with van der Waals surface area (Å²) in [5.74, 6) is -0.841. The molecular formula is C39H74NO8P. The van der Waals surface area contributed by atoms with Gasteiger partial charge in [0.2, 0.25) is 0 Å². The molecule has 9 nitrogen and oxygen atoms in total. The van der Waals surface area contributed by atoms with Gasteiger partial charge in [-0.3, -0.25) is 18.6 Å². The van der Waals surface area contributed by atoms with Crippen molar-refractivity contribution in [2.75, 3.05) is 26.4 Å². The van der Waals surface area contributed by atoms with Gasteiger partial charge in [-0.2, -0.15) is 0 Å². The van der Waals surface area contributed by atoms with Gasteiger partial charge in [0, 0.05) is 19.4 Å². The number of nitrogens with two attached hydrogens (primary N) is 1. The Bertz CT molecular complexity index is 866. The summed E-state index contributed by atoms with van der Waals surface area (Å²) in [6, 6.07) is 0. The number of rotatable bonds is 37. The van der Waals surface area contributed by atoms with Crippen molar-refractivity contribution in [1.82, 2.24) is 0 Å². The third kappa shape index (κ3) is 36.1. The first-order chi connectivity index (χ1) is 23.8. The highest BCUT2D eigenvalue weighted by Gasteiger charge is 2.25. The van der Waals surface area contributed by atoms with Crippen molar-refractivity contribution in [1.29, 1.82) is 0 Å². The fourth-order valence-electron chi connectivity index (χ4n) is 5.37. The molecule has 49 heavy (non-hydrogen) atoms. The molecule has 10 heteroatoms. The molecule has 0 saturated carbocycles. The van der Waals surface area contributed by atoms with Gasteiger partial charge in [-0.15, -0.1) is 0 Å². The lowest BCUT2D eigenvalue weighted by Crippen LogP contribution is -2.29. The summed E-state index contributed by atoms with van der Waals surface area (Å²) in [7, 11) is -4.37. The minimum Gasteiger partial charge on any atom is -0.462 e. The highest BCUT2D eigenvalue weighted by atomic mass is 31.2. The normalized spacial score (nSPS) is 13.6. The maximum atomic E-state index is 12.5. The van der Waals surface area contributed by atoms with Crippen LogP contribution in [0.1, 0.15) is 181 Å². The van der Waals surface area contributed by atoms with Gasteiger partial charge in [0.1, 0.15) is 6.61 Å². The zero-order valence-corrected chi connectivity index (χ0v) is 32.3. The van der Waals surface area contributed by atoms with Crippen LogP contribution in [0.4, 0.5) is 0 Å². The van der Waals surface area contributed by atoms with E-state index in [2.05, 4.69) is 38.2 Å². The van der Waals surface area contributed by atoms with E-state index in [1.165, 1.54) is 89.9 Å². The molecule has 0 saturated heterocycles. The van der Waals surface area contributed by atoms with E-state index in [-0.39, 0.29) is 38.6 Å². The second-order valence-electron chi connectivity index (χ2n) is 13.2. The second kappa shape index (κ2) is 36.3. The number of carbonyl (C=O) groups is 2. The molecule has 0 aromatic carbocycles. The number of ether oxygens (including phenoxy) is 2. The van der Waals surface area contributed by atoms with Crippen LogP contribution in [0, 0.1) is 0 Å². The van der Waals surface area contributed by atoms with Crippen LogP contribution in [0.25, 0.3) is 0 Å². The van der Waals surface area contributed by atoms with Crippen molar-refractivity contribution < 1.29 is 37.6 Å². The van der Waals surface area contributed by atoms with Crippen molar-refractivity contribution >= 4 is 19.8 Å². The number of carbonyl (C=O) groups excluding carboxylic acids is 2. The average molecular weight is 716 g/mol. The van der Waals surface area contributed by atoms with Crippen LogP contribution in [-0.2, 0) is 32.7 Å². The van der Waals surface area contributed by atoms with Gasteiger partial charge in [-0.1, -0.05) is 147 Å². The van der Waals surface area contributed by atoms with E-state index in [4.69, 9.17) is 24.3 Å². The number of unbranched alkanes of at least 4 members (excludes halogenated alkanes) is 20. The lowest BCUT2D eigenvalue weighted by Gasteiger charge is -2.19. The Morgan fingerprint density at radius 2 is 1.06 bits per heavy atom. The maximum absolute atomic E-state index is 12.5. The Labute approximate surface area is 300 Å². The third-order valence-corrected chi connectivity index (χ3v) is 9.32. The summed E-state index contributed by atoms with van der Waals surface area (Å²) in [6.45, 7) is 3.69. The van der Waals surface area contributed by atoms with Gasteiger partial charge in [-0.05, 0) is 44.9 Å². The lowest BCUT2D eigenvalue weighted by molar-refractivity contribution is -0.161. The van der Waals surface area contributed by atoms with Crippen LogP contribution in [-0.4, -0.2) is 49.3 Å². The van der Waals surface area contributed by atoms with Gasteiger partial charge < -0.3 is 20.1 Å². The third-order valence-electron chi connectivity index (χ3n) is 8.34. The molecule has 0 rings (SSSR count). The molecule has 0 aromatic rings. The van der Waals surface area contributed by atoms with Crippen LogP contribution in [0.15, 0.2) is 24.3 Å². The summed E-state index contributed by atoms with van der Waals surface area (Å²) >= 11 is 0. The van der Waals surface area contributed by atoms with Crippen molar-refractivity contribution in [3.63, 3.8) is 0 Å². The fourth-order valence-corrected chi connectivity index (χ4v) is 6.13. The van der Waals surface area contributed by atoms with E-state index in [0.29, 0.717) is 6.42 Å². The fraction of sp³-hybridized carbons (Fsp3) is 0.846. The molecule has 288 valence electrons. The molecule has 0 fully saturated rings. The summed E-state index contributed by atoms with van der Waals surface area (Å²) in [5, 5.41) is 0. The molecular weight excluding hydrogens is 641 g/mol. The topological polar surface area (TPSA) is 134 Å². The quantitative estimate of drug-likeness (QED) is 0.0279. The van der Waals surface area contributed by atoms with Gasteiger partial charge in [0.15, 0.2) is 6.10 Å². The Kier molecular flexibility index (Phi) is 35.2. The minimum atomic E-state index is -4.37. The summed E-state index contributed by atoms with van der Waals surface area (Å²) in [6.07, 6.45) is 36.3. The molecule has 2 unspecified atom stereocenters. The molecule has 0 heterocycles. The molecule has 0 radical (unpaired) electrons. The summed E-state index contributed by atoms with van der Waals surface area (Å²) < 4.78 is 32.7. The Balaban J connectivity index is 4.22. The van der Waals surface area contributed by atoms with Crippen molar-refractivity contribution in [3.8, 4) is 0 Å². The van der Waals surface area contributed by atoms with Crippen molar-refractivity contribution in [2.45, 2.75) is 187 Å². The first-order valence-corrected chi connectivity index (χ1v) is 21.3. The van der Waals surface area contributed by atoms with Crippen LogP contribution >= 0.6 is 7.82 Å². The predicted octanol–water partition coefficient (Wildman–Crippen LogP) is 10.8. The molecule has 3 N–H and O–H groups in total. The van der Waals surface area contributed by atoms with E-state index in [9.17, 15) is 19.0 Å². The summed E-state index contributed by atoms with van der Waals surface area (Å²) in [5.41, 5.74) is 5.33. The maximum Gasteiger partial charge on any atom is 0.472 e. The van der Waals surface area contributed by atoms with Gasteiger partial charge in [0.05, 0.1) is 13.2 Å². The van der Waals surface area contributed by atoms with Gasteiger partial charge >= 0.3 is 19.8 Å². The number of hydrogen-bond donors (Lipinski definition) is 2. The molecule has 0 bridgehead atoms. The van der Waals surface area contributed by atoms with E-state index in [1.54, 1.807) is 0 Å². The molecule has 2 atom stereocenters. The molecule has 0 amide bonds. The largest absolute Gasteiger partial charge is 0.472 e. The predicted molar refractivity (Wildman–Crippen MR) is 201 cm³/mol. The van der Waals surface area contributed by atoms with E-state index >= 15 is 0 Å². The molecule has 0 aromatic heterocycles. The van der Waals surface area contributed by atoms with Crippen LogP contribution in [0.2, 0.25) is 0 Å². The monoisotopic (exact) mass is 716 g/mol. The van der Waals surface area contributed by atoms with Crippen LogP contribution < -0.4 is 5.73 Å². The molecule has 0 aliphatic heterocycles. The number of hydrogen-bond acceptors (Lipinski definition) is 8. The van der Waals surface area contributed by atoms with Gasteiger partial charge in [-0.25, -0.2) is 4.57 Å². The zero-order valence-electron chi connectivity index (χ0n) is 31.4. The lowest BCUT2D eigenvalue weighted by atomic mass is 10.0. The minimum absolute atomic E-state index is 0.0523. The van der Waals surface area contributed by atoms with E-state index in [0.717, 1.165) is 57.8 Å². The average Bonchev–Trinajstić information content (AvgIpc) is 3.08. The second-order valence-corrected chi connectivity index (χ2v) is 14.6. The SMILES string of the molecule is CCCCCC=CCC=CCCCCCCCC(=O)OC(COC(=O)CCCCCCCCCCCCCCC)COP(=O)(O)OCCN. The molecule has 0 aliphatic rings. The zero-order chi connectivity index (χ0) is 36.1. The number of allylic oxidation sites excluding steroid dienone is 4. The van der Waals surface area contributed by atoms with Gasteiger partial charge in [0.25, 0.3) is 0 Å². The molecule has 0 aliphatic carbocycles. The Hall–Kier alpha value is -1.51. The number of esters is 2. The smallest absolute Gasteiger partial charge is 0.462 e. The van der Waals surface area contributed by atoms with E-state index in [1.807, 2.05) is 0 Å². The van der Waals surface area contributed by atoms with Crippen LogP contribution in [0.5, 0.6) is 0 Å². The first kappa shape index (κ1) is 47.5. The summed E-state index contributed by atoms with van der Waals surface area (Å²) in [4.78, 5) is 34.7. The van der Waals surface area contributed by atoms with E-state index < -0.39 is 26.5 Å². The van der Waals surface area contributed by atoms with Crippen molar-refractivity contribution in [3.05, 3.63) is 24.3 Å². The van der Waals surface area contributed by atoms with Crippen LogP contribution in [0.3, 0.4) is 0 Å². The Morgan fingerprint density at radius 1 is 0.612 bits per heavy atom. The standard InChI is InChI=1S/C39H74NO8P/c1-3-5-7-9-11-13-15-17-18-20-22-24-26-28-30-32-39(42)48-37(36-47-49(43,44)46-34-33-40)35-45-38(41)31-29-27-25-23-21-19-16-14-12-10-8-6-4-2/h11,13,17-18,37H,3-10,12,14-16,19-36,40H2,1-2H3,(H,43,44). The molecule has 0 spiro atoms.